The molecule has 2 atom stereocenters. The van der Waals surface area contributed by atoms with E-state index in [9.17, 15) is 9.59 Å². The van der Waals surface area contributed by atoms with Crippen LogP contribution in [-0.2, 0) is 14.3 Å². The van der Waals surface area contributed by atoms with Crippen LogP contribution in [0.5, 0.6) is 5.75 Å². The lowest BCUT2D eigenvalue weighted by Crippen LogP contribution is -2.29. The van der Waals surface area contributed by atoms with Gasteiger partial charge in [0.1, 0.15) is 5.75 Å². The molecule has 2 aromatic rings. The van der Waals surface area contributed by atoms with Crippen LogP contribution in [0.1, 0.15) is 30.9 Å². The summed E-state index contributed by atoms with van der Waals surface area (Å²) < 4.78 is 10.8. The third kappa shape index (κ3) is 4.93. The number of amides is 1. The topological polar surface area (TPSA) is 64.6 Å². The van der Waals surface area contributed by atoms with E-state index in [4.69, 9.17) is 21.1 Å². The van der Waals surface area contributed by atoms with E-state index in [-0.39, 0.29) is 11.9 Å². The zero-order valence-corrected chi connectivity index (χ0v) is 16.3. The first-order valence-corrected chi connectivity index (χ1v) is 9.51. The van der Waals surface area contributed by atoms with Crippen LogP contribution in [0.25, 0.3) is 0 Å². The van der Waals surface area contributed by atoms with Crippen LogP contribution in [-0.4, -0.2) is 19.0 Å². The summed E-state index contributed by atoms with van der Waals surface area (Å²) in [5.41, 5.74) is 1.10. The number of carbonyl (C=O) groups is 2. The summed E-state index contributed by atoms with van der Waals surface area (Å²) in [5, 5.41) is 3.15. The van der Waals surface area contributed by atoms with E-state index in [1.165, 1.54) is 7.11 Å². The Hall–Kier alpha value is -2.79. The van der Waals surface area contributed by atoms with E-state index >= 15 is 0 Å². The zero-order chi connectivity index (χ0) is 19.9. The molecule has 1 N–H and O–H groups in total. The standard InChI is InChI=1S/C22H22ClNO4/c1-27-19-13-12-17(14-18(19)23)24-21(25)20(15-8-4-2-5-9-15)28-22(26)16-10-6-3-7-11-16/h2-6,8-9,12-14,16,20H,7,10-11H2,1H3,(H,24,25)/t16-,20+/m1/s1. The lowest BCUT2D eigenvalue weighted by molar-refractivity contribution is -0.159. The van der Waals surface area contributed by atoms with Crippen molar-refractivity contribution in [3.8, 4) is 5.75 Å². The molecule has 0 fully saturated rings. The minimum absolute atomic E-state index is 0.223. The van der Waals surface area contributed by atoms with Gasteiger partial charge in [-0.2, -0.15) is 0 Å². The fourth-order valence-electron chi connectivity index (χ4n) is 3.07. The molecule has 0 radical (unpaired) electrons. The number of halogens is 1. The van der Waals surface area contributed by atoms with Crippen molar-refractivity contribution in [2.45, 2.75) is 25.4 Å². The van der Waals surface area contributed by atoms with Crippen molar-refractivity contribution < 1.29 is 19.1 Å². The fraction of sp³-hybridized carbons (Fsp3) is 0.273. The second kappa shape index (κ2) is 9.42. The van der Waals surface area contributed by atoms with Crippen molar-refractivity contribution in [2.24, 2.45) is 5.92 Å². The summed E-state index contributed by atoms with van der Waals surface area (Å²) in [5.74, 6) is -0.510. The Morgan fingerprint density at radius 2 is 1.93 bits per heavy atom. The van der Waals surface area contributed by atoms with Gasteiger partial charge in [0.05, 0.1) is 18.1 Å². The predicted molar refractivity (Wildman–Crippen MR) is 108 cm³/mol. The third-order valence-corrected chi connectivity index (χ3v) is 4.89. The number of carbonyl (C=O) groups excluding carboxylic acids is 2. The summed E-state index contributed by atoms with van der Waals surface area (Å²) in [6.07, 6.45) is 5.19. The molecule has 0 aliphatic heterocycles. The van der Waals surface area contributed by atoms with Crippen molar-refractivity contribution >= 4 is 29.2 Å². The van der Waals surface area contributed by atoms with Crippen LogP contribution in [0.4, 0.5) is 5.69 Å². The molecule has 2 aromatic carbocycles. The molecule has 5 nitrogen and oxygen atoms in total. The van der Waals surface area contributed by atoms with Gasteiger partial charge in [-0.25, -0.2) is 0 Å². The van der Waals surface area contributed by atoms with Gasteiger partial charge in [-0.3, -0.25) is 9.59 Å². The minimum atomic E-state index is -1.04. The molecule has 1 aliphatic rings. The lowest BCUT2D eigenvalue weighted by Gasteiger charge is -2.22. The number of esters is 1. The molecule has 0 saturated carbocycles. The molecule has 1 amide bonds. The highest BCUT2D eigenvalue weighted by atomic mass is 35.5. The third-order valence-electron chi connectivity index (χ3n) is 4.60. The van der Waals surface area contributed by atoms with Crippen LogP contribution in [0.2, 0.25) is 5.02 Å². The highest BCUT2D eigenvalue weighted by Gasteiger charge is 2.29. The Labute approximate surface area is 169 Å². The van der Waals surface area contributed by atoms with Crippen molar-refractivity contribution in [3.05, 3.63) is 71.3 Å². The van der Waals surface area contributed by atoms with E-state index in [1.54, 1.807) is 42.5 Å². The summed E-state index contributed by atoms with van der Waals surface area (Å²) in [6.45, 7) is 0. The number of ether oxygens (including phenoxy) is 2. The van der Waals surface area contributed by atoms with Crippen molar-refractivity contribution in [2.75, 3.05) is 12.4 Å². The minimum Gasteiger partial charge on any atom is -0.495 e. The van der Waals surface area contributed by atoms with Gasteiger partial charge in [0, 0.05) is 11.3 Å². The maximum atomic E-state index is 12.9. The molecule has 0 saturated heterocycles. The number of rotatable bonds is 6. The first kappa shape index (κ1) is 20.0. The lowest BCUT2D eigenvalue weighted by atomic mass is 9.94. The largest absolute Gasteiger partial charge is 0.495 e. The first-order chi connectivity index (χ1) is 13.6. The van der Waals surface area contributed by atoms with Gasteiger partial charge in [0.15, 0.2) is 0 Å². The van der Waals surface area contributed by atoms with Crippen LogP contribution in [0.15, 0.2) is 60.7 Å². The Balaban J connectivity index is 1.78. The number of hydrogen-bond acceptors (Lipinski definition) is 4. The Morgan fingerprint density at radius 3 is 2.57 bits per heavy atom. The molecule has 6 heteroatoms. The molecule has 146 valence electrons. The van der Waals surface area contributed by atoms with Gasteiger partial charge >= 0.3 is 5.97 Å². The molecule has 28 heavy (non-hydrogen) atoms. The molecule has 0 heterocycles. The van der Waals surface area contributed by atoms with Crippen molar-refractivity contribution in [3.63, 3.8) is 0 Å². The van der Waals surface area contributed by atoms with Crippen molar-refractivity contribution in [1.29, 1.82) is 0 Å². The SMILES string of the molecule is COc1ccc(NC(=O)[C@@H](OC(=O)[C@@H]2CC=CCC2)c2ccccc2)cc1Cl. The van der Waals surface area contributed by atoms with Crippen LogP contribution in [0, 0.1) is 5.92 Å². The summed E-state index contributed by atoms with van der Waals surface area (Å²) in [7, 11) is 1.52. The number of nitrogens with one attached hydrogen (secondary N) is 1. The van der Waals surface area contributed by atoms with Gasteiger partial charge in [-0.05, 0) is 37.5 Å². The molecule has 0 unspecified atom stereocenters. The Kier molecular flexibility index (Phi) is 6.71. The number of anilines is 1. The molecule has 0 bridgehead atoms. The summed E-state index contributed by atoms with van der Waals surface area (Å²) in [6, 6.07) is 13.9. The molecule has 1 aliphatic carbocycles. The number of methoxy groups -OCH3 is 1. The monoisotopic (exact) mass is 399 g/mol. The molecular formula is C22H22ClNO4. The van der Waals surface area contributed by atoms with E-state index in [1.807, 2.05) is 12.1 Å². The quantitative estimate of drug-likeness (QED) is 0.552. The van der Waals surface area contributed by atoms with E-state index in [0.717, 1.165) is 12.8 Å². The Morgan fingerprint density at radius 1 is 1.14 bits per heavy atom. The van der Waals surface area contributed by atoms with Gasteiger partial charge in [0.25, 0.3) is 5.91 Å². The smallest absolute Gasteiger partial charge is 0.310 e. The predicted octanol–water partition coefficient (Wildman–Crippen LogP) is 4.93. The van der Waals surface area contributed by atoms with E-state index in [0.29, 0.717) is 28.4 Å². The van der Waals surface area contributed by atoms with Crippen LogP contribution < -0.4 is 10.1 Å². The normalized spacial score (nSPS) is 16.9. The van der Waals surface area contributed by atoms with Crippen LogP contribution in [0.3, 0.4) is 0 Å². The van der Waals surface area contributed by atoms with Gasteiger partial charge in [0.2, 0.25) is 6.10 Å². The van der Waals surface area contributed by atoms with Gasteiger partial charge in [-0.1, -0.05) is 54.1 Å². The summed E-state index contributed by atoms with van der Waals surface area (Å²) >= 11 is 6.13. The average Bonchev–Trinajstić information content (AvgIpc) is 2.73. The average molecular weight is 400 g/mol. The fourth-order valence-corrected chi connectivity index (χ4v) is 3.33. The molecular weight excluding hydrogens is 378 g/mol. The highest BCUT2D eigenvalue weighted by molar-refractivity contribution is 6.32. The maximum Gasteiger partial charge on any atom is 0.310 e. The Bertz CT molecular complexity index is 866. The summed E-state index contributed by atoms with van der Waals surface area (Å²) in [4.78, 5) is 25.5. The van der Waals surface area contributed by atoms with E-state index in [2.05, 4.69) is 11.4 Å². The van der Waals surface area contributed by atoms with Crippen LogP contribution >= 0.6 is 11.6 Å². The number of hydrogen-bond donors (Lipinski definition) is 1. The first-order valence-electron chi connectivity index (χ1n) is 9.13. The second-order valence-corrected chi connectivity index (χ2v) is 6.95. The maximum absolute atomic E-state index is 12.9. The highest BCUT2D eigenvalue weighted by Crippen LogP contribution is 2.29. The van der Waals surface area contributed by atoms with Gasteiger partial charge < -0.3 is 14.8 Å². The van der Waals surface area contributed by atoms with Crippen molar-refractivity contribution in [1.82, 2.24) is 0 Å². The number of allylic oxidation sites excluding steroid dienone is 2. The molecule has 0 spiro atoms. The number of benzene rings is 2. The van der Waals surface area contributed by atoms with E-state index < -0.39 is 12.0 Å². The molecule has 0 aromatic heterocycles. The molecule has 3 rings (SSSR count). The second-order valence-electron chi connectivity index (χ2n) is 6.55. The van der Waals surface area contributed by atoms with Gasteiger partial charge in [-0.15, -0.1) is 0 Å². The zero-order valence-electron chi connectivity index (χ0n) is 15.6.